The SMILES string of the molecule is CCn1c(Cc2ccc(OC)cc2)nnc1SCC(=O)Nc1ccc(C)c(Cl)c1. The van der Waals surface area contributed by atoms with Gasteiger partial charge in [-0.2, -0.15) is 0 Å². The minimum Gasteiger partial charge on any atom is -0.497 e. The minimum absolute atomic E-state index is 0.114. The van der Waals surface area contributed by atoms with E-state index in [-0.39, 0.29) is 11.7 Å². The van der Waals surface area contributed by atoms with Gasteiger partial charge in [0.15, 0.2) is 5.16 Å². The number of carbonyl (C=O) groups is 1. The first-order chi connectivity index (χ1) is 14.0. The Kier molecular flexibility index (Phi) is 7.17. The van der Waals surface area contributed by atoms with Crippen LogP contribution >= 0.6 is 23.4 Å². The van der Waals surface area contributed by atoms with Gasteiger partial charge in [-0.05, 0) is 49.2 Å². The summed E-state index contributed by atoms with van der Waals surface area (Å²) >= 11 is 7.48. The fraction of sp³-hybridized carbons (Fsp3) is 0.286. The van der Waals surface area contributed by atoms with E-state index in [1.807, 2.05) is 54.8 Å². The van der Waals surface area contributed by atoms with E-state index in [1.165, 1.54) is 11.8 Å². The summed E-state index contributed by atoms with van der Waals surface area (Å²) in [7, 11) is 1.65. The molecule has 6 nitrogen and oxygen atoms in total. The topological polar surface area (TPSA) is 69.0 Å². The van der Waals surface area contributed by atoms with E-state index in [1.54, 1.807) is 13.2 Å². The van der Waals surface area contributed by atoms with Crippen LogP contribution in [0.1, 0.15) is 23.9 Å². The Balaban J connectivity index is 1.61. The number of carbonyl (C=O) groups excluding carboxylic acids is 1. The number of methoxy groups -OCH3 is 1. The van der Waals surface area contributed by atoms with E-state index < -0.39 is 0 Å². The molecule has 0 bridgehead atoms. The molecule has 3 rings (SSSR count). The molecule has 8 heteroatoms. The number of nitrogens with one attached hydrogen (secondary N) is 1. The van der Waals surface area contributed by atoms with Crippen molar-refractivity contribution in [3.8, 4) is 5.75 Å². The molecule has 0 unspecified atom stereocenters. The third kappa shape index (κ3) is 5.52. The van der Waals surface area contributed by atoms with E-state index in [4.69, 9.17) is 16.3 Å². The summed E-state index contributed by atoms with van der Waals surface area (Å²) < 4.78 is 7.23. The lowest BCUT2D eigenvalue weighted by Crippen LogP contribution is -2.14. The zero-order valence-corrected chi connectivity index (χ0v) is 18.2. The standard InChI is InChI=1S/C21H23ClN4O2S/c1-4-26-19(11-15-6-9-17(28-3)10-7-15)24-25-21(26)29-13-20(27)23-16-8-5-14(2)18(22)12-16/h5-10,12H,4,11,13H2,1-3H3,(H,23,27). The second-order valence-corrected chi connectivity index (χ2v) is 7.82. The summed E-state index contributed by atoms with van der Waals surface area (Å²) in [6.45, 7) is 4.69. The predicted molar refractivity (Wildman–Crippen MR) is 117 cm³/mol. The average Bonchev–Trinajstić information content (AvgIpc) is 3.11. The van der Waals surface area contributed by atoms with Crippen molar-refractivity contribution in [1.82, 2.24) is 14.8 Å². The molecule has 2 aromatic carbocycles. The maximum atomic E-state index is 12.3. The highest BCUT2D eigenvalue weighted by Gasteiger charge is 2.14. The molecule has 0 aliphatic carbocycles. The molecule has 1 amide bonds. The smallest absolute Gasteiger partial charge is 0.234 e. The zero-order valence-electron chi connectivity index (χ0n) is 16.6. The molecule has 0 aliphatic rings. The summed E-state index contributed by atoms with van der Waals surface area (Å²) in [5.74, 6) is 1.82. The number of hydrogen-bond acceptors (Lipinski definition) is 5. The first-order valence-corrected chi connectivity index (χ1v) is 10.6. The van der Waals surface area contributed by atoms with Crippen LogP contribution in [-0.4, -0.2) is 33.5 Å². The van der Waals surface area contributed by atoms with Gasteiger partial charge in [0.2, 0.25) is 5.91 Å². The molecule has 152 valence electrons. The van der Waals surface area contributed by atoms with Crippen LogP contribution in [0.5, 0.6) is 5.75 Å². The number of benzene rings is 2. The van der Waals surface area contributed by atoms with Crippen LogP contribution in [0.15, 0.2) is 47.6 Å². The van der Waals surface area contributed by atoms with Gasteiger partial charge in [-0.25, -0.2) is 0 Å². The number of aryl methyl sites for hydroxylation is 1. The van der Waals surface area contributed by atoms with Gasteiger partial charge in [0, 0.05) is 23.7 Å². The van der Waals surface area contributed by atoms with Crippen LogP contribution in [0.4, 0.5) is 5.69 Å². The number of amides is 1. The van der Waals surface area contributed by atoms with E-state index in [0.29, 0.717) is 17.1 Å². The molecule has 1 N–H and O–H groups in total. The van der Waals surface area contributed by atoms with Gasteiger partial charge >= 0.3 is 0 Å². The minimum atomic E-state index is -0.114. The molecule has 1 heterocycles. The van der Waals surface area contributed by atoms with Gasteiger partial charge in [-0.15, -0.1) is 10.2 Å². The Hall–Kier alpha value is -2.51. The van der Waals surface area contributed by atoms with Gasteiger partial charge in [0.05, 0.1) is 12.9 Å². The number of aromatic nitrogens is 3. The highest BCUT2D eigenvalue weighted by molar-refractivity contribution is 7.99. The fourth-order valence-corrected chi connectivity index (χ4v) is 3.80. The third-order valence-electron chi connectivity index (χ3n) is 4.42. The number of rotatable bonds is 8. The Bertz CT molecular complexity index is 989. The van der Waals surface area contributed by atoms with Crippen molar-refractivity contribution in [2.75, 3.05) is 18.2 Å². The van der Waals surface area contributed by atoms with Crippen molar-refractivity contribution in [3.05, 3.63) is 64.4 Å². The first-order valence-electron chi connectivity index (χ1n) is 9.24. The Morgan fingerprint density at radius 3 is 2.62 bits per heavy atom. The van der Waals surface area contributed by atoms with Crippen LogP contribution < -0.4 is 10.1 Å². The number of thioether (sulfide) groups is 1. The molecule has 0 aliphatic heterocycles. The molecule has 3 aromatic rings. The molecule has 0 atom stereocenters. The summed E-state index contributed by atoms with van der Waals surface area (Å²) in [6, 6.07) is 13.4. The average molecular weight is 431 g/mol. The van der Waals surface area contributed by atoms with E-state index >= 15 is 0 Å². The van der Waals surface area contributed by atoms with Crippen molar-refractivity contribution >= 4 is 35.0 Å². The van der Waals surface area contributed by atoms with E-state index in [2.05, 4.69) is 15.5 Å². The third-order valence-corrected chi connectivity index (χ3v) is 5.79. The maximum absolute atomic E-state index is 12.3. The van der Waals surface area contributed by atoms with Crippen molar-refractivity contribution in [2.45, 2.75) is 32.0 Å². The lowest BCUT2D eigenvalue weighted by atomic mass is 10.1. The van der Waals surface area contributed by atoms with Gasteiger partial charge in [0.1, 0.15) is 11.6 Å². The normalized spacial score (nSPS) is 10.8. The van der Waals surface area contributed by atoms with Gasteiger partial charge in [-0.3, -0.25) is 4.79 Å². The second kappa shape index (κ2) is 9.80. The van der Waals surface area contributed by atoms with Crippen molar-refractivity contribution in [3.63, 3.8) is 0 Å². The largest absolute Gasteiger partial charge is 0.497 e. The Morgan fingerprint density at radius 2 is 1.97 bits per heavy atom. The van der Waals surface area contributed by atoms with Crippen LogP contribution in [0.25, 0.3) is 0 Å². The predicted octanol–water partition coefficient (Wildman–Crippen LogP) is 4.59. The highest BCUT2D eigenvalue weighted by Crippen LogP contribution is 2.22. The molecule has 0 saturated carbocycles. The number of ether oxygens (including phenoxy) is 1. The van der Waals surface area contributed by atoms with Gasteiger partial charge in [-0.1, -0.05) is 41.6 Å². The molecule has 1 aromatic heterocycles. The first kappa shape index (κ1) is 21.2. The zero-order chi connectivity index (χ0) is 20.8. The van der Waals surface area contributed by atoms with Crippen LogP contribution in [0.2, 0.25) is 5.02 Å². The van der Waals surface area contributed by atoms with Crippen molar-refractivity contribution in [2.24, 2.45) is 0 Å². The molecular formula is C21H23ClN4O2S. The van der Waals surface area contributed by atoms with Gasteiger partial charge in [0.25, 0.3) is 0 Å². The van der Waals surface area contributed by atoms with Crippen molar-refractivity contribution < 1.29 is 9.53 Å². The summed E-state index contributed by atoms with van der Waals surface area (Å²) in [4.78, 5) is 12.3. The van der Waals surface area contributed by atoms with Crippen molar-refractivity contribution in [1.29, 1.82) is 0 Å². The van der Waals surface area contributed by atoms with Crippen LogP contribution in [0.3, 0.4) is 0 Å². The Labute approximate surface area is 179 Å². The van der Waals surface area contributed by atoms with Crippen LogP contribution in [0, 0.1) is 6.92 Å². The monoisotopic (exact) mass is 430 g/mol. The fourth-order valence-electron chi connectivity index (χ4n) is 2.80. The van der Waals surface area contributed by atoms with Gasteiger partial charge < -0.3 is 14.6 Å². The van der Waals surface area contributed by atoms with Crippen LogP contribution in [-0.2, 0) is 17.8 Å². The summed E-state index contributed by atoms with van der Waals surface area (Å²) in [5, 5.41) is 12.8. The summed E-state index contributed by atoms with van der Waals surface area (Å²) in [5.41, 5.74) is 2.78. The molecule has 0 saturated heterocycles. The van der Waals surface area contributed by atoms with E-state index in [9.17, 15) is 4.79 Å². The Morgan fingerprint density at radius 1 is 1.21 bits per heavy atom. The number of hydrogen-bond donors (Lipinski definition) is 1. The summed E-state index contributed by atoms with van der Waals surface area (Å²) in [6.07, 6.45) is 0.666. The number of nitrogens with zero attached hydrogens (tertiary/aromatic N) is 3. The maximum Gasteiger partial charge on any atom is 0.234 e. The molecular weight excluding hydrogens is 408 g/mol. The lowest BCUT2D eigenvalue weighted by molar-refractivity contribution is -0.113. The molecule has 0 fully saturated rings. The second-order valence-electron chi connectivity index (χ2n) is 6.47. The number of halogens is 1. The quantitative estimate of drug-likeness (QED) is 0.529. The molecule has 0 spiro atoms. The highest BCUT2D eigenvalue weighted by atomic mass is 35.5. The number of anilines is 1. The molecule has 29 heavy (non-hydrogen) atoms. The molecule has 0 radical (unpaired) electrons. The lowest BCUT2D eigenvalue weighted by Gasteiger charge is -2.09. The van der Waals surface area contributed by atoms with E-state index in [0.717, 1.165) is 34.4 Å².